The van der Waals surface area contributed by atoms with E-state index < -0.39 is 0 Å². The Bertz CT molecular complexity index is 1550. The van der Waals surface area contributed by atoms with Gasteiger partial charge in [-0.2, -0.15) is 0 Å². The average Bonchev–Trinajstić information content (AvgIpc) is 3.02. The van der Waals surface area contributed by atoms with E-state index in [1.54, 1.807) is 0 Å². The minimum absolute atomic E-state index is 1.12. The molecule has 0 bridgehead atoms. The van der Waals surface area contributed by atoms with Gasteiger partial charge in [0.05, 0.1) is 0 Å². The summed E-state index contributed by atoms with van der Waals surface area (Å²) in [6.45, 7) is 8.52. The molecule has 0 amide bonds. The van der Waals surface area contributed by atoms with Crippen molar-refractivity contribution in [3.05, 3.63) is 168 Å². The van der Waals surface area contributed by atoms with Crippen LogP contribution in [0, 0.1) is 27.7 Å². The highest BCUT2D eigenvalue weighted by Gasteiger charge is 2.16. The molecule has 0 atom stereocenters. The van der Waals surface area contributed by atoms with Crippen LogP contribution in [0.25, 0.3) is 11.1 Å². The molecule has 42 heavy (non-hydrogen) atoms. The fraction of sp³-hybridized carbons (Fsp3) is 0.100. The third kappa shape index (κ3) is 5.84. The summed E-state index contributed by atoms with van der Waals surface area (Å²) in [4.78, 5) is 4.66. The van der Waals surface area contributed by atoms with Crippen molar-refractivity contribution >= 4 is 34.1 Å². The maximum absolute atomic E-state index is 2.33. The van der Waals surface area contributed by atoms with Crippen LogP contribution in [0.4, 0.5) is 34.1 Å². The molecule has 0 aliphatic rings. The highest BCUT2D eigenvalue weighted by atomic mass is 15.1. The summed E-state index contributed by atoms with van der Waals surface area (Å²) in [5.41, 5.74) is 14.2. The molecule has 6 rings (SSSR count). The van der Waals surface area contributed by atoms with Gasteiger partial charge in [-0.1, -0.05) is 95.1 Å². The fourth-order valence-corrected chi connectivity index (χ4v) is 5.32. The van der Waals surface area contributed by atoms with E-state index in [-0.39, 0.29) is 0 Å². The van der Waals surface area contributed by atoms with E-state index in [1.807, 2.05) is 0 Å². The second-order valence-electron chi connectivity index (χ2n) is 11.1. The Morgan fingerprint density at radius 1 is 0.286 bits per heavy atom. The zero-order valence-corrected chi connectivity index (χ0v) is 24.8. The van der Waals surface area contributed by atoms with Gasteiger partial charge < -0.3 is 9.80 Å². The van der Waals surface area contributed by atoms with Crippen molar-refractivity contribution in [3.8, 4) is 11.1 Å². The molecule has 0 spiro atoms. The molecule has 206 valence electrons. The smallest absolute Gasteiger partial charge is 0.0467 e. The Balaban J connectivity index is 1.43. The monoisotopic (exact) mass is 544 g/mol. The molecule has 0 saturated heterocycles. The van der Waals surface area contributed by atoms with E-state index in [9.17, 15) is 0 Å². The van der Waals surface area contributed by atoms with Crippen LogP contribution in [0.2, 0.25) is 0 Å². The quantitative estimate of drug-likeness (QED) is 0.197. The Hall–Kier alpha value is -5.08. The number of aryl methyl sites for hydroxylation is 4. The van der Waals surface area contributed by atoms with Crippen LogP contribution in [-0.2, 0) is 0 Å². The van der Waals surface area contributed by atoms with Gasteiger partial charge in [0.2, 0.25) is 0 Å². The predicted molar refractivity (Wildman–Crippen MR) is 180 cm³/mol. The number of hydrogen-bond donors (Lipinski definition) is 0. The Labute approximate surface area is 250 Å². The van der Waals surface area contributed by atoms with Crippen LogP contribution in [0.1, 0.15) is 22.3 Å². The normalized spacial score (nSPS) is 10.9. The van der Waals surface area contributed by atoms with Crippen LogP contribution >= 0.6 is 0 Å². The molecule has 0 heterocycles. The highest BCUT2D eigenvalue weighted by molar-refractivity contribution is 5.83. The van der Waals surface area contributed by atoms with Crippen molar-refractivity contribution in [1.82, 2.24) is 0 Å². The topological polar surface area (TPSA) is 6.48 Å². The minimum Gasteiger partial charge on any atom is -0.310 e. The Kier molecular flexibility index (Phi) is 7.62. The minimum atomic E-state index is 1.12. The molecule has 0 unspecified atom stereocenters. The first kappa shape index (κ1) is 27.1. The van der Waals surface area contributed by atoms with Crippen molar-refractivity contribution in [3.63, 3.8) is 0 Å². The summed E-state index contributed by atoms with van der Waals surface area (Å²) >= 11 is 0. The predicted octanol–water partition coefficient (Wildman–Crippen LogP) is 11.5. The number of nitrogens with zero attached hydrogens (tertiary/aromatic N) is 2. The first-order valence-corrected chi connectivity index (χ1v) is 14.5. The van der Waals surface area contributed by atoms with Crippen LogP contribution in [-0.4, -0.2) is 0 Å². The summed E-state index contributed by atoms with van der Waals surface area (Å²) in [6.07, 6.45) is 0. The SMILES string of the molecule is Cc1ccc(N(c2ccc(C)cc2)c2cccc(-c3cccc(N(c4ccc(C)cc4)c4ccc(C)cc4)c3)c2)cc1. The first-order valence-electron chi connectivity index (χ1n) is 14.5. The average molecular weight is 545 g/mol. The zero-order chi connectivity index (χ0) is 29.1. The molecule has 0 saturated carbocycles. The Morgan fingerprint density at radius 3 is 0.810 bits per heavy atom. The maximum Gasteiger partial charge on any atom is 0.0467 e. The summed E-state index contributed by atoms with van der Waals surface area (Å²) in [5, 5.41) is 0. The summed E-state index contributed by atoms with van der Waals surface area (Å²) in [6, 6.07) is 52.7. The molecule has 0 aromatic heterocycles. The van der Waals surface area contributed by atoms with E-state index in [4.69, 9.17) is 0 Å². The molecule has 2 heteroatoms. The molecule has 0 aliphatic carbocycles. The van der Waals surface area contributed by atoms with E-state index in [2.05, 4.69) is 183 Å². The van der Waals surface area contributed by atoms with Crippen molar-refractivity contribution < 1.29 is 0 Å². The maximum atomic E-state index is 2.33. The summed E-state index contributed by atoms with van der Waals surface area (Å²) in [7, 11) is 0. The van der Waals surface area contributed by atoms with Gasteiger partial charge in [0, 0.05) is 34.1 Å². The zero-order valence-electron chi connectivity index (χ0n) is 24.8. The van der Waals surface area contributed by atoms with Gasteiger partial charge >= 0.3 is 0 Å². The molecule has 0 aliphatic heterocycles. The number of hydrogen-bond acceptors (Lipinski definition) is 2. The molecule has 0 radical (unpaired) electrons. The van der Waals surface area contributed by atoms with E-state index in [0.717, 1.165) is 34.1 Å². The lowest BCUT2D eigenvalue weighted by Gasteiger charge is -2.27. The van der Waals surface area contributed by atoms with Crippen molar-refractivity contribution in [2.45, 2.75) is 27.7 Å². The van der Waals surface area contributed by atoms with Crippen LogP contribution in [0.15, 0.2) is 146 Å². The second kappa shape index (κ2) is 11.8. The van der Waals surface area contributed by atoms with Crippen molar-refractivity contribution in [2.75, 3.05) is 9.80 Å². The van der Waals surface area contributed by atoms with Crippen LogP contribution in [0.3, 0.4) is 0 Å². The van der Waals surface area contributed by atoms with Gasteiger partial charge in [0.25, 0.3) is 0 Å². The van der Waals surface area contributed by atoms with Crippen molar-refractivity contribution in [1.29, 1.82) is 0 Å². The van der Waals surface area contributed by atoms with Gasteiger partial charge in [-0.3, -0.25) is 0 Å². The summed E-state index contributed by atoms with van der Waals surface area (Å²) in [5.74, 6) is 0. The van der Waals surface area contributed by atoms with E-state index in [0.29, 0.717) is 0 Å². The van der Waals surface area contributed by atoms with Crippen LogP contribution < -0.4 is 9.80 Å². The standard InChI is InChI=1S/C40H36N2/c1-29-11-19-35(20-12-29)41(36-21-13-30(2)14-22-36)39-9-5-7-33(27-39)34-8-6-10-40(28-34)42(37-23-15-31(3)16-24-37)38-25-17-32(4)18-26-38/h5-28H,1-4H3. The number of benzene rings is 6. The Morgan fingerprint density at radius 2 is 0.548 bits per heavy atom. The fourth-order valence-electron chi connectivity index (χ4n) is 5.32. The molecule has 6 aromatic rings. The van der Waals surface area contributed by atoms with Gasteiger partial charge in [0.15, 0.2) is 0 Å². The molecule has 0 N–H and O–H groups in total. The first-order chi connectivity index (χ1) is 20.4. The molecule has 6 aromatic carbocycles. The second-order valence-corrected chi connectivity index (χ2v) is 11.1. The highest BCUT2D eigenvalue weighted by Crippen LogP contribution is 2.39. The van der Waals surface area contributed by atoms with Crippen molar-refractivity contribution in [2.24, 2.45) is 0 Å². The third-order valence-corrected chi connectivity index (χ3v) is 7.71. The van der Waals surface area contributed by atoms with E-state index >= 15 is 0 Å². The lowest BCUT2D eigenvalue weighted by atomic mass is 10.0. The number of anilines is 6. The molecular formula is C40H36N2. The molecule has 0 fully saturated rings. The van der Waals surface area contributed by atoms with Gasteiger partial charge in [-0.25, -0.2) is 0 Å². The van der Waals surface area contributed by atoms with E-state index in [1.165, 1.54) is 33.4 Å². The number of rotatable bonds is 7. The lowest BCUT2D eigenvalue weighted by Crippen LogP contribution is -2.10. The largest absolute Gasteiger partial charge is 0.310 e. The van der Waals surface area contributed by atoms with Crippen LogP contribution in [0.5, 0.6) is 0 Å². The summed E-state index contributed by atoms with van der Waals surface area (Å²) < 4.78 is 0. The lowest BCUT2D eigenvalue weighted by molar-refractivity contribution is 1.26. The third-order valence-electron chi connectivity index (χ3n) is 7.71. The molecule has 2 nitrogen and oxygen atoms in total. The molecular weight excluding hydrogens is 508 g/mol. The van der Waals surface area contributed by atoms with Gasteiger partial charge in [-0.05, 0) is 112 Å². The van der Waals surface area contributed by atoms with Gasteiger partial charge in [-0.15, -0.1) is 0 Å². The van der Waals surface area contributed by atoms with Gasteiger partial charge in [0.1, 0.15) is 0 Å².